The van der Waals surface area contributed by atoms with Gasteiger partial charge in [-0.1, -0.05) is 13.8 Å². The van der Waals surface area contributed by atoms with Gasteiger partial charge < -0.3 is 10.1 Å². The van der Waals surface area contributed by atoms with E-state index in [1.54, 1.807) is 13.3 Å². The second-order valence-electron chi connectivity index (χ2n) is 4.95. The Kier molecular flexibility index (Phi) is 4.58. The van der Waals surface area contributed by atoms with Gasteiger partial charge in [0.2, 0.25) is 0 Å². The van der Waals surface area contributed by atoms with Gasteiger partial charge in [0.25, 0.3) is 0 Å². The molecule has 0 saturated heterocycles. The van der Waals surface area contributed by atoms with E-state index in [4.69, 9.17) is 4.74 Å². The molecule has 1 aromatic carbocycles. The average Bonchev–Trinajstić information content (AvgIpc) is 2.93. The van der Waals surface area contributed by atoms with E-state index in [2.05, 4.69) is 48.5 Å². The van der Waals surface area contributed by atoms with Crippen molar-refractivity contribution in [1.82, 2.24) is 9.78 Å². The van der Waals surface area contributed by atoms with Crippen LogP contribution in [-0.2, 0) is 4.74 Å². The normalized spacial score (nSPS) is 12.6. The minimum Gasteiger partial charge on any atom is -0.383 e. The predicted octanol–water partition coefficient (Wildman–Crippen LogP) is 2.96. The summed E-state index contributed by atoms with van der Waals surface area (Å²) >= 11 is 0. The second-order valence-corrected chi connectivity index (χ2v) is 4.95. The number of nitrogens with one attached hydrogen (secondary N) is 1. The molecule has 19 heavy (non-hydrogen) atoms. The molecule has 1 atom stereocenters. The maximum Gasteiger partial charge on any atom is 0.0666 e. The zero-order chi connectivity index (χ0) is 13.7. The van der Waals surface area contributed by atoms with Crippen molar-refractivity contribution in [3.05, 3.63) is 42.7 Å². The van der Waals surface area contributed by atoms with E-state index >= 15 is 0 Å². The number of hydrogen-bond acceptors (Lipinski definition) is 3. The SMILES string of the molecule is COCC(Nc1ccc(-n2cccn2)cc1)C(C)C. The first-order valence-electron chi connectivity index (χ1n) is 6.56. The highest BCUT2D eigenvalue weighted by atomic mass is 16.5. The van der Waals surface area contributed by atoms with Crippen LogP contribution in [0.4, 0.5) is 5.69 Å². The summed E-state index contributed by atoms with van der Waals surface area (Å²) in [6.45, 7) is 5.09. The first-order chi connectivity index (χ1) is 9.20. The molecule has 0 bridgehead atoms. The lowest BCUT2D eigenvalue weighted by molar-refractivity contribution is 0.171. The molecule has 4 heteroatoms. The standard InChI is InChI=1S/C15H21N3O/c1-12(2)15(11-19-3)17-13-5-7-14(8-6-13)18-10-4-9-16-18/h4-10,12,15,17H,11H2,1-3H3. The molecule has 0 fully saturated rings. The molecule has 2 aromatic rings. The first-order valence-corrected chi connectivity index (χ1v) is 6.56. The van der Waals surface area contributed by atoms with Crippen molar-refractivity contribution in [2.45, 2.75) is 19.9 Å². The number of anilines is 1. The highest BCUT2D eigenvalue weighted by molar-refractivity contribution is 5.49. The Hall–Kier alpha value is -1.81. The Morgan fingerprint density at radius 3 is 2.53 bits per heavy atom. The molecule has 0 amide bonds. The van der Waals surface area contributed by atoms with E-state index in [-0.39, 0.29) is 0 Å². The molecule has 0 aliphatic heterocycles. The van der Waals surface area contributed by atoms with E-state index in [9.17, 15) is 0 Å². The Labute approximate surface area is 114 Å². The molecule has 1 aromatic heterocycles. The van der Waals surface area contributed by atoms with Gasteiger partial charge >= 0.3 is 0 Å². The summed E-state index contributed by atoms with van der Waals surface area (Å²) < 4.78 is 7.09. The van der Waals surface area contributed by atoms with Crippen LogP contribution in [0.3, 0.4) is 0 Å². The second kappa shape index (κ2) is 6.38. The van der Waals surface area contributed by atoms with Gasteiger partial charge in [0.1, 0.15) is 0 Å². The summed E-state index contributed by atoms with van der Waals surface area (Å²) in [5.41, 5.74) is 2.16. The molecule has 0 saturated carbocycles. The topological polar surface area (TPSA) is 39.1 Å². The molecule has 4 nitrogen and oxygen atoms in total. The molecule has 1 unspecified atom stereocenters. The minimum atomic E-state index is 0.320. The maximum atomic E-state index is 5.24. The molecule has 1 N–H and O–H groups in total. The van der Waals surface area contributed by atoms with Crippen molar-refractivity contribution in [3.63, 3.8) is 0 Å². The number of rotatable bonds is 6. The van der Waals surface area contributed by atoms with Crippen LogP contribution in [0, 0.1) is 5.92 Å². The molecular formula is C15H21N3O. The molecular weight excluding hydrogens is 238 g/mol. The number of aromatic nitrogens is 2. The van der Waals surface area contributed by atoms with Crippen LogP contribution in [0.2, 0.25) is 0 Å². The number of hydrogen-bond donors (Lipinski definition) is 1. The molecule has 0 spiro atoms. The highest BCUT2D eigenvalue weighted by Gasteiger charge is 2.12. The van der Waals surface area contributed by atoms with Gasteiger partial charge in [-0.05, 0) is 36.2 Å². The van der Waals surface area contributed by atoms with Crippen molar-refractivity contribution in [2.75, 3.05) is 19.0 Å². The van der Waals surface area contributed by atoms with Crippen LogP contribution >= 0.6 is 0 Å². The van der Waals surface area contributed by atoms with Crippen LogP contribution < -0.4 is 5.32 Å². The third-order valence-electron chi connectivity index (χ3n) is 3.14. The van der Waals surface area contributed by atoms with Gasteiger partial charge in [0.05, 0.1) is 18.3 Å². The lowest BCUT2D eigenvalue weighted by atomic mass is 10.1. The van der Waals surface area contributed by atoms with Crippen molar-refractivity contribution in [3.8, 4) is 5.69 Å². The smallest absolute Gasteiger partial charge is 0.0666 e. The van der Waals surface area contributed by atoms with E-state index in [0.29, 0.717) is 18.6 Å². The molecule has 0 aliphatic rings. The van der Waals surface area contributed by atoms with Crippen molar-refractivity contribution in [2.24, 2.45) is 5.92 Å². The minimum absolute atomic E-state index is 0.320. The zero-order valence-corrected chi connectivity index (χ0v) is 11.7. The van der Waals surface area contributed by atoms with Crippen molar-refractivity contribution in [1.29, 1.82) is 0 Å². The fourth-order valence-corrected chi connectivity index (χ4v) is 1.93. The summed E-state index contributed by atoms with van der Waals surface area (Å²) in [5.74, 6) is 0.519. The van der Waals surface area contributed by atoms with Gasteiger partial charge in [-0.15, -0.1) is 0 Å². The fraction of sp³-hybridized carbons (Fsp3) is 0.400. The number of benzene rings is 1. The van der Waals surface area contributed by atoms with Gasteiger partial charge in [-0.25, -0.2) is 4.68 Å². The monoisotopic (exact) mass is 259 g/mol. The lowest BCUT2D eigenvalue weighted by Crippen LogP contribution is -2.30. The van der Waals surface area contributed by atoms with Crippen LogP contribution in [0.15, 0.2) is 42.7 Å². The molecule has 0 aliphatic carbocycles. The fourth-order valence-electron chi connectivity index (χ4n) is 1.93. The van der Waals surface area contributed by atoms with Crippen LogP contribution in [-0.4, -0.2) is 29.5 Å². The van der Waals surface area contributed by atoms with Gasteiger partial charge in [-0.3, -0.25) is 0 Å². The Morgan fingerprint density at radius 1 is 1.26 bits per heavy atom. The summed E-state index contributed by atoms with van der Waals surface area (Å²) in [6.07, 6.45) is 3.71. The summed E-state index contributed by atoms with van der Waals surface area (Å²) in [7, 11) is 1.73. The van der Waals surface area contributed by atoms with Crippen LogP contribution in [0.25, 0.3) is 5.69 Å². The number of nitrogens with zero attached hydrogens (tertiary/aromatic N) is 2. The largest absolute Gasteiger partial charge is 0.383 e. The Balaban J connectivity index is 2.06. The molecule has 102 valence electrons. The van der Waals surface area contributed by atoms with Crippen molar-refractivity contribution < 1.29 is 4.74 Å². The number of ether oxygens (including phenoxy) is 1. The zero-order valence-electron chi connectivity index (χ0n) is 11.7. The van der Waals surface area contributed by atoms with Gasteiger partial charge in [0, 0.05) is 25.2 Å². The van der Waals surface area contributed by atoms with Gasteiger partial charge in [-0.2, -0.15) is 5.10 Å². The summed E-state index contributed by atoms with van der Waals surface area (Å²) in [6, 6.07) is 10.5. The summed E-state index contributed by atoms with van der Waals surface area (Å²) in [4.78, 5) is 0. The highest BCUT2D eigenvalue weighted by Crippen LogP contribution is 2.16. The molecule has 1 heterocycles. The Morgan fingerprint density at radius 2 is 2.00 bits per heavy atom. The van der Waals surface area contributed by atoms with Crippen LogP contribution in [0.5, 0.6) is 0 Å². The van der Waals surface area contributed by atoms with E-state index in [1.807, 2.05) is 16.9 Å². The van der Waals surface area contributed by atoms with E-state index < -0.39 is 0 Å². The molecule has 0 radical (unpaired) electrons. The van der Waals surface area contributed by atoms with E-state index in [0.717, 1.165) is 11.4 Å². The lowest BCUT2D eigenvalue weighted by Gasteiger charge is -2.22. The Bertz CT molecular complexity index is 477. The van der Waals surface area contributed by atoms with Crippen molar-refractivity contribution >= 4 is 5.69 Å². The third-order valence-corrected chi connectivity index (χ3v) is 3.14. The maximum absolute atomic E-state index is 5.24. The third kappa shape index (κ3) is 3.58. The van der Waals surface area contributed by atoms with Crippen LogP contribution in [0.1, 0.15) is 13.8 Å². The van der Waals surface area contributed by atoms with E-state index in [1.165, 1.54) is 0 Å². The summed E-state index contributed by atoms with van der Waals surface area (Å²) in [5, 5.41) is 7.71. The molecule has 2 rings (SSSR count). The van der Waals surface area contributed by atoms with Gasteiger partial charge in [0.15, 0.2) is 0 Å². The number of methoxy groups -OCH3 is 1. The predicted molar refractivity (Wildman–Crippen MR) is 77.7 cm³/mol. The average molecular weight is 259 g/mol. The quantitative estimate of drug-likeness (QED) is 0.867. The first kappa shape index (κ1) is 13.6.